The minimum absolute atomic E-state index is 0.00426. The first-order chi connectivity index (χ1) is 8.66. The molecule has 1 atom stereocenters. The molecule has 0 aromatic heterocycles. The van der Waals surface area contributed by atoms with Crippen LogP contribution >= 0.6 is 0 Å². The molecule has 5 nitrogen and oxygen atoms in total. The van der Waals surface area contributed by atoms with Crippen molar-refractivity contribution in [2.75, 3.05) is 13.1 Å². The molecule has 0 rings (SSSR count). The van der Waals surface area contributed by atoms with Crippen LogP contribution in [0, 0.1) is 17.8 Å². The summed E-state index contributed by atoms with van der Waals surface area (Å²) in [6, 6.07) is -0.0830. The Balaban J connectivity index is 4.52. The van der Waals surface area contributed by atoms with Crippen LogP contribution in [0.2, 0.25) is 0 Å². The summed E-state index contributed by atoms with van der Waals surface area (Å²) in [6.45, 7) is 12.6. The molecule has 2 amide bonds. The average Bonchev–Trinajstić information content (AvgIpc) is 2.24. The summed E-state index contributed by atoms with van der Waals surface area (Å²) in [5, 5.41) is 11.8. The predicted molar refractivity (Wildman–Crippen MR) is 76.0 cm³/mol. The van der Waals surface area contributed by atoms with Gasteiger partial charge in [-0.1, -0.05) is 27.7 Å². The summed E-state index contributed by atoms with van der Waals surface area (Å²) in [6.07, 6.45) is 0. The van der Waals surface area contributed by atoms with Crippen LogP contribution in [0.4, 0.5) is 4.79 Å². The fraction of sp³-hybridized carbons (Fsp3) is 0.857. The van der Waals surface area contributed by atoms with Crippen molar-refractivity contribution in [1.29, 1.82) is 0 Å². The molecule has 0 aromatic rings. The van der Waals surface area contributed by atoms with E-state index in [-0.39, 0.29) is 24.5 Å². The Hall–Kier alpha value is -1.26. The van der Waals surface area contributed by atoms with Gasteiger partial charge in [0.1, 0.15) is 0 Å². The molecule has 0 saturated heterocycles. The fourth-order valence-corrected chi connectivity index (χ4v) is 1.83. The molecule has 2 N–H and O–H groups in total. The zero-order chi connectivity index (χ0) is 15.2. The van der Waals surface area contributed by atoms with Crippen LogP contribution in [-0.2, 0) is 4.79 Å². The van der Waals surface area contributed by atoms with E-state index in [2.05, 4.69) is 19.2 Å². The zero-order valence-electron chi connectivity index (χ0n) is 12.9. The molecule has 112 valence electrons. The molecular weight excluding hydrogens is 244 g/mol. The largest absolute Gasteiger partial charge is 0.481 e. The van der Waals surface area contributed by atoms with Gasteiger partial charge in [0.25, 0.3) is 0 Å². The highest BCUT2D eigenvalue weighted by molar-refractivity contribution is 5.76. The van der Waals surface area contributed by atoms with E-state index in [1.54, 1.807) is 4.90 Å². The summed E-state index contributed by atoms with van der Waals surface area (Å²) < 4.78 is 0. The van der Waals surface area contributed by atoms with Gasteiger partial charge in [0.05, 0.1) is 5.92 Å². The molecule has 0 fully saturated rings. The van der Waals surface area contributed by atoms with E-state index in [9.17, 15) is 9.59 Å². The van der Waals surface area contributed by atoms with Crippen molar-refractivity contribution in [2.24, 2.45) is 17.8 Å². The third-order valence-electron chi connectivity index (χ3n) is 3.04. The quantitative estimate of drug-likeness (QED) is 0.747. The number of nitrogens with one attached hydrogen (secondary N) is 1. The number of aliphatic carboxylic acids is 1. The third-order valence-corrected chi connectivity index (χ3v) is 3.04. The van der Waals surface area contributed by atoms with Gasteiger partial charge in [-0.3, -0.25) is 4.79 Å². The molecule has 5 heteroatoms. The van der Waals surface area contributed by atoms with Crippen molar-refractivity contribution in [3.63, 3.8) is 0 Å². The zero-order valence-corrected chi connectivity index (χ0v) is 12.9. The maximum Gasteiger partial charge on any atom is 0.317 e. The summed E-state index contributed by atoms with van der Waals surface area (Å²) >= 11 is 0. The number of hydrogen-bond donors (Lipinski definition) is 2. The van der Waals surface area contributed by atoms with Gasteiger partial charge < -0.3 is 15.3 Å². The Labute approximate surface area is 116 Å². The van der Waals surface area contributed by atoms with Gasteiger partial charge in [0.15, 0.2) is 0 Å². The Bertz CT molecular complexity index is 301. The molecule has 0 aromatic carbocycles. The van der Waals surface area contributed by atoms with Crippen LogP contribution in [0.3, 0.4) is 0 Å². The van der Waals surface area contributed by atoms with Gasteiger partial charge in [0.2, 0.25) is 0 Å². The van der Waals surface area contributed by atoms with Gasteiger partial charge in [0, 0.05) is 19.1 Å². The van der Waals surface area contributed by atoms with Crippen molar-refractivity contribution < 1.29 is 14.7 Å². The molecule has 0 aliphatic carbocycles. The molecule has 0 radical (unpaired) electrons. The lowest BCUT2D eigenvalue weighted by Crippen LogP contribution is -2.48. The van der Waals surface area contributed by atoms with Crippen LogP contribution in [-0.4, -0.2) is 41.1 Å². The lowest BCUT2D eigenvalue weighted by molar-refractivity contribution is -0.142. The molecule has 0 aliphatic rings. The first-order valence-corrected chi connectivity index (χ1v) is 6.94. The number of urea groups is 1. The van der Waals surface area contributed by atoms with E-state index in [0.717, 1.165) is 0 Å². The smallest absolute Gasteiger partial charge is 0.317 e. The number of carboxylic acids is 1. The number of carbonyl (C=O) groups excluding carboxylic acids is 1. The van der Waals surface area contributed by atoms with Crippen LogP contribution in [0.25, 0.3) is 0 Å². The standard InChI is InChI=1S/C14H28N2O3/c1-9(2)8-16(11(5)6)14(19)15-7-12(10(3)4)13(17)18/h9-12H,7-8H2,1-6H3,(H,15,19)(H,17,18). The van der Waals surface area contributed by atoms with E-state index in [1.807, 2.05) is 27.7 Å². The minimum atomic E-state index is -0.866. The normalized spacial score (nSPS) is 12.9. The highest BCUT2D eigenvalue weighted by Gasteiger charge is 2.24. The Morgan fingerprint density at radius 3 is 1.95 bits per heavy atom. The maximum absolute atomic E-state index is 12.1. The summed E-state index contributed by atoms with van der Waals surface area (Å²) in [7, 11) is 0. The topological polar surface area (TPSA) is 69.6 Å². The third kappa shape index (κ3) is 6.45. The average molecular weight is 272 g/mol. The predicted octanol–water partition coefficient (Wildman–Crippen LogP) is 2.42. The van der Waals surface area contributed by atoms with E-state index in [4.69, 9.17) is 5.11 Å². The SMILES string of the molecule is CC(C)CN(C(=O)NCC(C(=O)O)C(C)C)C(C)C. The number of hydrogen-bond acceptors (Lipinski definition) is 2. The van der Waals surface area contributed by atoms with Crippen molar-refractivity contribution >= 4 is 12.0 Å². The highest BCUT2D eigenvalue weighted by Crippen LogP contribution is 2.10. The first kappa shape index (κ1) is 17.7. The molecular formula is C14H28N2O3. The van der Waals surface area contributed by atoms with Gasteiger partial charge in [-0.2, -0.15) is 0 Å². The Kier molecular flexibility index (Phi) is 7.49. The van der Waals surface area contributed by atoms with Gasteiger partial charge >= 0.3 is 12.0 Å². The fourth-order valence-electron chi connectivity index (χ4n) is 1.83. The first-order valence-electron chi connectivity index (χ1n) is 6.94. The number of rotatable bonds is 7. The maximum atomic E-state index is 12.1. The lowest BCUT2D eigenvalue weighted by Gasteiger charge is -2.29. The second-order valence-corrected chi connectivity index (χ2v) is 6.01. The minimum Gasteiger partial charge on any atom is -0.481 e. The monoisotopic (exact) mass is 272 g/mol. The Morgan fingerprint density at radius 2 is 1.63 bits per heavy atom. The molecule has 0 spiro atoms. The van der Waals surface area contributed by atoms with Crippen LogP contribution in [0.15, 0.2) is 0 Å². The summed E-state index contributed by atoms with van der Waals surface area (Å²) in [5.41, 5.74) is 0. The molecule has 0 heterocycles. The van der Waals surface area contributed by atoms with E-state index in [1.165, 1.54) is 0 Å². The number of carbonyl (C=O) groups is 2. The van der Waals surface area contributed by atoms with E-state index < -0.39 is 11.9 Å². The van der Waals surface area contributed by atoms with Crippen LogP contribution in [0.1, 0.15) is 41.5 Å². The number of carboxylic acid groups (broad SMARTS) is 1. The highest BCUT2D eigenvalue weighted by atomic mass is 16.4. The number of nitrogens with zero attached hydrogens (tertiary/aromatic N) is 1. The molecule has 0 bridgehead atoms. The lowest BCUT2D eigenvalue weighted by atomic mass is 9.96. The van der Waals surface area contributed by atoms with E-state index >= 15 is 0 Å². The summed E-state index contributed by atoms with van der Waals surface area (Å²) in [4.78, 5) is 24.9. The molecule has 0 saturated carbocycles. The van der Waals surface area contributed by atoms with E-state index in [0.29, 0.717) is 12.5 Å². The van der Waals surface area contributed by atoms with Crippen LogP contribution < -0.4 is 5.32 Å². The molecule has 1 unspecified atom stereocenters. The van der Waals surface area contributed by atoms with Gasteiger partial charge in [-0.05, 0) is 25.7 Å². The second-order valence-electron chi connectivity index (χ2n) is 6.01. The van der Waals surface area contributed by atoms with Crippen molar-refractivity contribution in [2.45, 2.75) is 47.6 Å². The van der Waals surface area contributed by atoms with Crippen LogP contribution in [0.5, 0.6) is 0 Å². The summed E-state index contributed by atoms with van der Waals surface area (Å²) in [5.74, 6) is -1.03. The van der Waals surface area contributed by atoms with Gasteiger partial charge in [-0.15, -0.1) is 0 Å². The van der Waals surface area contributed by atoms with Gasteiger partial charge in [-0.25, -0.2) is 4.79 Å². The second kappa shape index (κ2) is 8.02. The van der Waals surface area contributed by atoms with Crippen molar-refractivity contribution in [3.05, 3.63) is 0 Å². The molecule has 0 aliphatic heterocycles. The van der Waals surface area contributed by atoms with Crippen molar-refractivity contribution in [3.8, 4) is 0 Å². The molecule has 19 heavy (non-hydrogen) atoms. The van der Waals surface area contributed by atoms with Crippen molar-refractivity contribution in [1.82, 2.24) is 10.2 Å². The Morgan fingerprint density at radius 1 is 1.11 bits per heavy atom. The number of amides is 2.